The number of hydrogen-bond donors (Lipinski definition) is 2. The number of likely N-dealkylation sites (tertiary alicyclic amines) is 1. The van der Waals surface area contributed by atoms with Crippen LogP contribution in [-0.4, -0.2) is 40.6 Å². The summed E-state index contributed by atoms with van der Waals surface area (Å²) in [5.74, 6) is 0.507. The normalized spacial score (nSPS) is 32.9. The van der Waals surface area contributed by atoms with Gasteiger partial charge in [-0.15, -0.1) is 0 Å². The fourth-order valence-corrected chi connectivity index (χ4v) is 2.63. The number of rotatable bonds is 2. The lowest BCUT2D eigenvalue weighted by atomic mass is 9.82. The van der Waals surface area contributed by atoms with Gasteiger partial charge in [-0.25, -0.2) is 0 Å². The summed E-state index contributed by atoms with van der Waals surface area (Å²) in [5, 5.41) is 10.1. The first-order chi connectivity index (χ1) is 7.42. The number of amides is 1. The quantitative estimate of drug-likeness (QED) is 0.713. The number of carbonyl (C=O) groups excluding carboxylic acids is 1. The van der Waals surface area contributed by atoms with Gasteiger partial charge in [0.15, 0.2) is 0 Å². The monoisotopic (exact) mass is 226 g/mol. The van der Waals surface area contributed by atoms with Crippen molar-refractivity contribution in [3.63, 3.8) is 0 Å². The van der Waals surface area contributed by atoms with Gasteiger partial charge in [0.25, 0.3) is 0 Å². The molecule has 1 heterocycles. The third-order valence-electron chi connectivity index (χ3n) is 4.14. The minimum atomic E-state index is -0.656. The molecular formula is C12H22N2O2. The van der Waals surface area contributed by atoms with Gasteiger partial charge >= 0.3 is 0 Å². The molecule has 2 fully saturated rings. The van der Waals surface area contributed by atoms with E-state index in [4.69, 9.17) is 5.73 Å². The molecule has 1 aliphatic carbocycles. The van der Waals surface area contributed by atoms with Crippen molar-refractivity contribution in [1.82, 2.24) is 4.90 Å². The van der Waals surface area contributed by atoms with Crippen molar-refractivity contribution in [3.8, 4) is 0 Å². The van der Waals surface area contributed by atoms with E-state index < -0.39 is 5.60 Å². The second-order valence-electron chi connectivity index (χ2n) is 5.72. The van der Waals surface area contributed by atoms with Crippen molar-refractivity contribution in [2.24, 2.45) is 17.6 Å². The molecule has 0 aromatic heterocycles. The maximum Gasteiger partial charge on any atom is 0.225 e. The predicted molar refractivity (Wildman–Crippen MR) is 61.7 cm³/mol. The van der Waals surface area contributed by atoms with Crippen molar-refractivity contribution in [2.45, 2.75) is 44.8 Å². The Morgan fingerprint density at radius 1 is 1.44 bits per heavy atom. The minimum Gasteiger partial charge on any atom is -0.386 e. The van der Waals surface area contributed by atoms with Gasteiger partial charge in [0.2, 0.25) is 5.91 Å². The summed E-state index contributed by atoms with van der Waals surface area (Å²) in [6.45, 7) is 4.98. The minimum absolute atomic E-state index is 0.103. The summed E-state index contributed by atoms with van der Waals surface area (Å²) >= 11 is 0. The topological polar surface area (TPSA) is 66.6 Å². The molecular weight excluding hydrogens is 204 g/mol. The molecule has 2 unspecified atom stereocenters. The van der Waals surface area contributed by atoms with Crippen LogP contribution in [0.1, 0.15) is 33.1 Å². The summed E-state index contributed by atoms with van der Waals surface area (Å²) in [6, 6.07) is 0.194. The third kappa shape index (κ3) is 1.96. The molecule has 0 spiro atoms. The Balaban J connectivity index is 1.86. The zero-order valence-electron chi connectivity index (χ0n) is 10.1. The van der Waals surface area contributed by atoms with Crippen molar-refractivity contribution in [1.29, 1.82) is 0 Å². The fraction of sp³-hybridized carbons (Fsp3) is 0.917. The molecule has 1 amide bonds. The Morgan fingerprint density at radius 3 is 2.50 bits per heavy atom. The molecule has 16 heavy (non-hydrogen) atoms. The maximum absolute atomic E-state index is 12.0. The van der Waals surface area contributed by atoms with E-state index in [1.54, 1.807) is 4.90 Å². The number of hydrogen-bond acceptors (Lipinski definition) is 3. The Morgan fingerprint density at radius 2 is 2.06 bits per heavy atom. The van der Waals surface area contributed by atoms with Gasteiger partial charge in [-0.05, 0) is 25.2 Å². The molecule has 4 heteroatoms. The first-order valence-electron chi connectivity index (χ1n) is 6.19. The summed E-state index contributed by atoms with van der Waals surface area (Å²) in [5.41, 5.74) is 5.15. The van der Waals surface area contributed by atoms with Crippen LogP contribution in [-0.2, 0) is 4.79 Å². The molecule has 1 aliphatic heterocycles. The van der Waals surface area contributed by atoms with Crippen LogP contribution in [0.2, 0.25) is 0 Å². The predicted octanol–water partition coefficient (Wildman–Crippen LogP) is 0.343. The summed E-state index contributed by atoms with van der Waals surface area (Å²) in [4.78, 5) is 13.8. The van der Waals surface area contributed by atoms with Gasteiger partial charge in [0, 0.05) is 12.0 Å². The lowest BCUT2D eigenvalue weighted by molar-refractivity contribution is -0.167. The molecule has 0 aromatic carbocycles. The number of carbonyl (C=O) groups is 1. The van der Waals surface area contributed by atoms with Crippen LogP contribution >= 0.6 is 0 Å². The highest BCUT2D eigenvalue weighted by Gasteiger charge is 2.47. The summed E-state index contributed by atoms with van der Waals surface area (Å²) < 4.78 is 0. The van der Waals surface area contributed by atoms with E-state index in [1.807, 2.05) is 13.8 Å². The molecule has 92 valence electrons. The van der Waals surface area contributed by atoms with E-state index in [1.165, 1.54) is 0 Å². The van der Waals surface area contributed by atoms with Crippen LogP contribution in [0.15, 0.2) is 0 Å². The van der Waals surface area contributed by atoms with E-state index in [-0.39, 0.29) is 23.8 Å². The largest absolute Gasteiger partial charge is 0.386 e. The molecule has 0 aromatic rings. The highest BCUT2D eigenvalue weighted by Crippen LogP contribution is 2.33. The molecule has 4 nitrogen and oxygen atoms in total. The second-order valence-corrected chi connectivity index (χ2v) is 5.72. The van der Waals surface area contributed by atoms with Crippen LogP contribution in [0.4, 0.5) is 0 Å². The Kier molecular flexibility index (Phi) is 2.97. The van der Waals surface area contributed by atoms with Gasteiger partial charge in [-0.3, -0.25) is 4.79 Å². The molecule has 2 atom stereocenters. The van der Waals surface area contributed by atoms with Crippen molar-refractivity contribution >= 4 is 5.91 Å². The van der Waals surface area contributed by atoms with Crippen LogP contribution in [0.3, 0.4) is 0 Å². The molecule has 3 N–H and O–H groups in total. The Labute approximate surface area is 96.8 Å². The van der Waals surface area contributed by atoms with Crippen molar-refractivity contribution in [2.75, 3.05) is 13.1 Å². The summed E-state index contributed by atoms with van der Waals surface area (Å²) in [7, 11) is 0. The molecule has 0 radical (unpaired) electrons. The average Bonchev–Trinajstić information content (AvgIpc) is 2.58. The van der Waals surface area contributed by atoms with Crippen molar-refractivity contribution < 1.29 is 9.90 Å². The van der Waals surface area contributed by atoms with Gasteiger partial charge in [0.05, 0.1) is 13.1 Å². The van der Waals surface area contributed by atoms with E-state index in [2.05, 4.69) is 0 Å². The van der Waals surface area contributed by atoms with Crippen molar-refractivity contribution in [3.05, 3.63) is 0 Å². The smallest absolute Gasteiger partial charge is 0.225 e. The molecule has 0 bridgehead atoms. The molecule has 2 rings (SSSR count). The van der Waals surface area contributed by atoms with E-state index in [9.17, 15) is 9.90 Å². The van der Waals surface area contributed by atoms with Gasteiger partial charge in [-0.1, -0.05) is 13.8 Å². The number of aliphatic hydroxyl groups is 1. The SMILES string of the molecule is CC(C)C1(O)CN(C(=O)C2CCC(N)C2)C1. The molecule has 2 aliphatic rings. The fourth-order valence-electron chi connectivity index (χ4n) is 2.63. The van der Waals surface area contributed by atoms with Crippen LogP contribution in [0.25, 0.3) is 0 Å². The van der Waals surface area contributed by atoms with Crippen LogP contribution < -0.4 is 5.73 Å². The molecule has 1 saturated heterocycles. The Bertz CT molecular complexity index is 285. The van der Waals surface area contributed by atoms with E-state index in [0.717, 1.165) is 19.3 Å². The molecule has 1 saturated carbocycles. The zero-order valence-corrected chi connectivity index (χ0v) is 10.1. The Hall–Kier alpha value is -0.610. The van der Waals surface area contributed by atoms with Gasteiger partial charge in [0.1, 0.15) is 5.60 Å². The number of β-amino-alcohol motifs (C(OH)–C–C–N with tert-alkyl or cyclic N) is 1. The highest BCUT2D eigenvalue weighted by molar-refractivity contribution is 5.80. The first kappa shape index (κ1) is 11.9. The van der Waals surface area contributed by atoms with E-state index >= 15 is 0 Å². The maximum atomic E-state index is 12.0. The summed E-state index contributed by atoms with van der Waals surface area (Å²) in [6.07, 6.45) is 2.69. The lowest BCUT2D eigenvalue weighted by Crippen LogP contribution is -2.66. The number of nitrogens with zero attached hydrogens (tertiary/aromatic N) is 1. The zero-order chi connectivity index (χ0) is 11.9. The third-order valence-corrected chi connectivity index (χ3v) is 4.14. The van der Waals surface area contributed by atoms with Gasteiger partial charge in [-0.2, -0.15) is 0 Å². The highest BCUT2D eigenvalue weighted by atomic mass is 16.3. The lowest BCUT2D eigenvalue weighted by Gasteiger charge is -2.49. The van der Waals surface area contributed by atoms with Gasteiger partial charge < -0.3 is 15.7 Å². The second kappa shape index (κ2) is 4.00. The van der Waals surface area contributed by atoms with Crippen LogP contribution in [0, 0.1) is 11.8 Å². The first-order valence-corrected chi connectivity index (χ1v) is 6.19. The van der Waals surface area contributed by atoms with Crippen LogP contribution in [0.5, 0.6) is 0 Å². The average molecular weight is 226 g/mol. The number of nitrogens with two attached hydrogens (primary N) is 1. The standard InChI is InChI=1S/C12H22N2O2/c1-8(2)12(16)6-14(7-12)11(15)9-3-4-10(13)5-9/h8-10,16H,3-7,13H2,1-2H3. The van der Waals surface area contributed by atoms with E-state index in [0.29, 0.717) is 13.1 Å².